The van der Waals surface area contributed by atoms with E-state index in [1.165, 1.54) is 34.6 Å². The quantitative estimate of drug-likeness (QED) is 0.676. The predicted octanol–water partition coefficient (Wildman–Crippen LogP) is 3.12. The number of aliphatic hydroxyl groups is 1. The lowest BCUT2D eigenvalue weighted by Crippen LogP contribution is -2.58. The monoisotopic (exact) mass is 460 g/mol. The lowest BCUT2D eigenvalue weighted by atomic mass is 9.87. The second-order valence-electron chi connectivity index (χ2n) is 7.83. The van der Waals surface area contributed by atoms with Gasteiger partial charge in [0.2, 0.25) is 10.0 Å². The van der Waals surface area contributed by atoms with Crippen molar-refractivity contribution in [3.8, 4) is 0 Å². The number of hydrogen-bond acceptors (Lipinski definition) is 5. The van der Waals surface area contributed by atoms with Gasteiger partial charge in [0.15, 0.2) is 5.60 Å². The topological polar surface area (TPSA) is 69.6 Å². The van der Waals surface area contributed by atoms with E-state index >= 15 is 0 Å². The van der Waals surface area contributed by atoms with Crippen LogP contribution in [0, 0.1) is 0 Å². The molecule has 5 nitrogen and oxygen atoms in total. The molecule has 1 fully saturated rings. The first-order valence-corrected chi connectivity index (χ1v) is 11.2. The van der Waals surface area contributed by atoms with E-state index in [1.807, 2.05) is 0 Å². The minimum absolute atomic E-state index is 0.0913. The zero-order valence-corrected chi connectivity index (χ0v) is 18.2. The van der Waals surface area contributed by atoms with Crippen LogP contribution >= 0.6 is 12.2 Å². The largest absolute Gasteiger partial charge is 0.421 e. The number of hydrogen-bond donors (Lipinski definition) is 2. The van der Waals surface area contributed by atoms with Crippen LogP contribution in [0.1, 0.15) is 31.4 Å². The maximum Gasteiger partial charge on any atom is 0.421 e. The van der Waals surface area contributed by atoms with Crippen molar-refractivity contribution in [2.75, 3.05) is 19.6 Å². The molecule has 30 heavy (non-hydrogen) atoms. The highest BCUT2D eigenvalue weighted by Gasteiger charge is 2.51. The van der Waals surface area contributed by atoms with Crippen LogP contribution in [0.15, 0.2) is 47.4 Å². The molecule has 0 saturated carbocycles. The molecule has 0 bridgehead atoms. The van der Waals surface area contributed by atoms with Crippen LogP contribution in [0.5, 0.6) is 0 Å². The molecule has 0 aromatic heterocycles. The van der Waals surface area contributed by atoms with Gasteiger partial charge in [0.05, 0.1) is 10.4 Å². The maximum absolute atomic E-state index is 13.1. The number of benzene rings is 1. The number of nitrogens with zero attached hydrogens (tertiary/aromatic N) is 1. The molecule has 3 rings (SSSR count). The van der Waals surface area contributed by atoms with Gasteiger partial charge in [-0.2, -0.15) is 17.5 Å². The standard InChI is InChI=1S/C20H23F3N2O3S2/c1-18(14-7-9-15(10-8-14)19(2,26)20(21,22)23)13-25(12-11-24-18)30(27,28)17-6-4-3-5-16(17)29/h3-4,6-10,24,26H,5,11-13H2,1-2H3/t18-,19?/m0/s1. The molecule has 1 unspecified atom stereocenters. The molecule has 1 aromatic rings. The molecular weight excluding hydrogens is 437 g/mol. The second-order valence-corrected chi connectivity index (χ2v) is 10.2. The molecule has 0 spiro atoms. The van der Waals surface area contributed by atoms with E-state index in [2.05, 4.69) is 5.32 Å². The number of thiocarbonyl (C=S) groups is 1. The lowest BCUT2D eigenvalue weighted by Gasteiger charge is -2.41. The normalized spacial score (nSPS) is 25.7. The number of alkyl halides is 3. The van der Waals surface area contributed by atoms with Crippen LogP contribution in [0.2, 0.25) is 0 Å². The van der Waals surface area contributed by atoms with E-state index in [4.69, 9.17) is 12.2 Å². The summed E-state index contributed by atoms with van der Waals surface area (Å²) in [6.07, 6.45) is 0.530. The Hall–Kier alpha value is -1.59. The molecule has 1 aromatic carbocycles. The first kappa shape index (κ1) is 23.1. The third kappa shape index (κ3) is 4.11. The minimum Gasteiger partial charge on any atom is -0.376 e. The fraction of sp³-hybridized carbons (Fsp3) is 0.450. The van der Waals surface area contributed by atoms with Gasteiger partial charge in [0.25, 0.3) is 0 Å². The van der Waals surface area contributed by atoms with Crippen molar-refractivity contribution in [2.45, 2.75) is 37.6 Å². The first-order valence-electron chi connectivity index (χ1n) is 9.34. The number of sulfonamides is 1. The molecule has 2 aliphatic rings. The highest BCUT2D eigenvalue weighted by molar-refractivity contribution is 7.96. The van der Waals surface area contributed by atoms with Crippen LogP contribution in [0.25, 0.3) is 0 Å². The fourth-order valence-electron chi connectivity index (χ4n) is 3.56. The van der Waals surface area contributed by atoms with E-state index in [0.29, 0.717) is 30.3 Å². The van der Waals surface area contributed by atoms with Gasteiger partial charge in [-0.1, -0.05) is 48.6 Å². The average molecular weight is 461 g/mol. The molecule has 10 heteroatoms. The summed E-state index contributed by atoms with van der Waals surface area (Å²) in [7, 11) is -3.79. The van der Waals surface area contributed by atoms with Gasteiger partial charge in [-0.25, -0.2) is 8.42 Å². The Morgan fingerprint density at radius 2 is 1.87 bits per heavy atom. The Bertz CT molecular complexity index is 999. The lowest BCUT2D eigenvalue weighted by molar-refractivity contribution is -0.258. The molecule has 1 aliphatic carbocycles. The minimum atomic E-state index is -4.81. The third-order valence-electron chi connectivity index (χ3n) is 5.58. The molecule has 1 heterocycles. The molecule has 164 valence electrons. The Balaban J connectivity index is 1.87. The van der Waals surface area contributed by atoms with Gasteiger partial charge in [-0.3, -0.25) is 0 Å². The molecule has 0 radical (unpaired) electrons. The smallest absolute Gasteiger partial charge is 0.376 e. The van der Waals surface area contributed by atoms with Crippen molar-refractivity contribution in [1.29, 1.82) is 0 Å². The summed E-state index contributed by atoms with van der Waals surface area (Å²) in [6, 6.07) is 5.39. The van der Waals surface area contributed by atoms with Crippen LogP contribution in [-0.4, -0.2) is 48.5 Å². The van der Waals surface area contributed by atoms with Crippen LogP contribution in [0.3, 0.4) is 0 Å². The van der Waals surface area contributed by atoms with Gasteiger partial charge >= 0.3 is 6.18 Å². The molecule has 2 atom stereocenters. The number of piperazine rings is 1. The van der Waals surface area contributed by atoms with Gasteiger partial charge < -0.3 is 10.4 Å². The van der Waals surface area contributed by atoms with Crippen LogP contribution < -0.4 is 5.32 Å². The first-order chi connectivity index (χ1) is 13.8. The number of halogens is 3. The van der Waals surface area contributed by atoms with Crippen molar-refractivity contribution >= 4 is 27.1 Å². The number of rotatable bonds is 4. The summed E-state index contributed by atoms with van der Waals surface area (Å²) in [5.74, 6) is 0. The van der Waals surface area contributed by atoms with Gasteiger partial charge in [0, 0.05) is 30.9 Å². The predicted molar refractivity (Wildman–Crippen MR) is 112 cm³/mol. The van der Waals surface area contributed by atoms with Crippen LogP contribution in [-0.2, 0) is 21.2 Å². The Kier molecular flexibility index (Phi) is 6.02. The van der Waals surface area contributed by atoms with Crippen molar-refractivity contribution in [3.05, 3.63) is 58.5 Å². The van der Waals surface area contributed by atoms with E-state index < -0.39 is 27.3 Å². The number of nitrogens with one attached hydrogen (secondary N) is 1. The zero-order valence-electron chi connectivity index (χ0n) is 16.5. The number of allylic oxidation sites excluding steroid dienone is 4. The third-order valence-corrected chi connectivity index (χ3v) is 8.03. The summed E-state index contributed by atoms with van der Waals surface area (Å²) in [5.41, 5.74) is -3.46. The van der Waals surface area contributed by atoms with E-state index in [1.54, 1.807) is 19.1 Å². The Morgan fingerprint density at radius 1 is 1.23 bits per heavy atom. The van der Waals surface area contributed by atoms with E-state index in [9.17, 15) is 26.7 Å². The van der Waals surface area contributed by atoms with Crippen molar-refractivity contribution in [2.24, 2.45) is 0 Å². The van der Waals surface area contributed by atoms with Crippen molar-refractivity contribution in [1.82, 2.24) is 9.62 Å². The highest BCUT2D eigenvalue weighted by Crippen LogP contribution is 2.39. The highest BCUT2D eigenvalue weighted by atomic mass is 32.2. The zero-order chi connectivity index (χ0) is 22.4. The maximum atomic E-state index is 13.1. The molecular formula is C20H23F3N2O3S2. The van der Waals surface area contributed by atoms with Crippen LogP contribution in [0.4, 0.5) is 13.2 Å². The van der Waals surface area contributed by atoms with Crippen molar-refractivity contribution in [3.63, 3.8) is 0 Å². The van der Waals surface area contributed by atoms with Crippen molar-refractivity contribution < 1.29 is 26.7 Å². The summed E-state index contributed by atoms with van der Waals surface area (Å²) >= 11 is 5.22. The summed E-state index contributed by atoms with van der Waals surface area (Å²) in [6.45, 7) is 3.20. The SMILES string of the molecule is CC(O)(c1ccc([C@]2(C)CN(S(=O)(=O)C3=CC=CCC3=S)CCN2)cc1)C(F)(F)F. The Labute approximate surface area is 179 Å². The van der Waals surface area contributed by atoms with E-state index in [-0.39, 0.29) is 23.6 Å². The summed E-state index contributed by atoms with van der Waals surface area (Å²) < 4.78 is 66.8. The molecule has 1 aliphatic heterocycles. The molecule has 0 amide bonds. The second kappa shape index (κ2) is 7.83. The molecule has 2 N–H and O–H groups in total. The van der Waals surface area contributed by atoms with Gasteiger partial charge in [-0.05, 0) is 31.1 Å². The van der Waals surface area contributed by atoms with Gasteiger partial charge in [-0.15, -0.1) is 0 Å². The average Bonchev–Trinajstić information content (AvgIpc) is 2.67. The summed E-state index contributed by atoms with van der Waals surface area (Å²) in [4.78, 5) is 0.470. The Morgan fingerprint density at radius 3 is 2.43 bits per heavy atom. The molecule has 1 saturated heterocycles. The fourth-order valence-corrected chi connectivity index (χ4v) is 5.70. The van der Waals surface area contributed by atoms with Gasteiger partial charge in [0.1, 0.15) is 0 Å². The summed E-state index contributed by atoms with van der Waals surface area (Å²) in [5, 5.41) is 13.1. The van der Waals surface area contributed by atoms with E-state index in [0.717, 1.165) is 0 Å².